The molecule has 6 heteroatoms. The highest BCUT2D eigenvalue weighted by Crippen LogP contribution is 2.13. The number of nitrogens with zero attached hydrogens (tertiary/aromatic N) is 1. The molecule has 2 aromatic carbocycles. The second kappa shape index (κ2) is 7.61. The summed E-state index contributed by atoms with van der Waals surface area (Å²) in [6.07, 6.45) is 0. The van der Waals surface area contributed by atoms with Gasteiger partial charge in [0.1, 0.15) is 23.9 Å². The lowest BCUT2D eigenvalue weighted by molar-refractivity contribution is -0.917. The van der Waals surface area contributed by atoms with Gasteiger partial charge < -0.3 is 14.5 Å². The van der Waals surface area contributed by atoms with Crippen molar-refractivity contribution in [3.63, 3.8) is 0 Å². The molecule has 1 aliphatic rings. The molecule has 0 saturated carbocycles. The van der Waals surface area contributed by atoms with E-state index in [-0.39, 0.29) is 11.5 Å². The molecule has 1 amide bonds. The summed E-state index contributed by atoms with van der Waals surface area (Å²) in [7, 11) is 1.64. The average Bonchev–Trinajstić information content (AvgIpc) is 2.62. The zero-order valence-electron chi connectivity index (χ0n) is 14.1. The van der Waals surface area contributed by atoms with Crippen LogP contribution in [0.4, 0.5) is 8.78 Å². The molecule has 2 aromatic rings. The van der Waals surface area contributed by atoms with Crippen LogP contribution >= 0.6 is 0 Å². The predicted molar refractivity (Wildman–Crippen MR) is 89.7 cm³/mol. The minimum Gasteiger partial charge on any atom is -0.497 e. The van der Waals surface area contributed by atoms with Crippen LogP contribution < -0.4 is 9.64 Å². The van der Waals surface area contributed by atoms with Gasteiger partial charge in [0.15, 0.2) is 0 Å². The Morgan fingerprint density at radius 2 is 1.80 bits per heavy atom. The third kappa shape index (κ3) is 4.14. The highest BCUT2D eigenvalue weighted by atomic mass is 19.1. The van der Waals surface area contributed by atoms with Gasteiger partial charge in [0.25, 0.3) is 5.91 Å². The topological polar surface area (TPSA) is 34.0 Å². The van der Waals surface area contributed by atoms with Gasteiger partial charge in [-0.1, -0.05) is 0 Å². The summed E-state index contributed by atoms with van der Waals surface area (Å²) >= 11 is 0. The first-order valence-electron chi connectivity index (χ1n) is 8.27. The fraction of sp³-hybridized carbons (Fsp3) is 0.316. The molecule has 1 aliphatic heterocycles. The second-order valence-corrected chi connectivity index (χ2v) is 6.19. The third-order valence-corrected chi connectivity index (χ3v) is 4.53. The lowest BCUT2D eigenvalue weighted by atomic mass is 10.1. The lowest BCUT2D eigenvalue weighted by Crippen LogP contribution is -3.13. The third-order valence-electron chi connectivity index (χ3n) is 4.53. The standard InChI is InChI=1S/C19H20F2N2O2/c1-25-16-5-2-14(3-6-16)13-22-8-10-23(11-9-22)19(24)17-7-4-15(20)12-18(17)21/h2-7,12H,8-11,13H2,1H3/p+1. The van der Waals surface area contributed by atoms with Crippen LogP contribution in [0.3, 0.4) is 0 Å². The summed E-state index contributed by atoms with van der Waals surface area (Å²) in [4.78, 5) is 15.4. The number of benzene rings is 2. The fourth-order valence-electron chi connectivity index (χ4n) is 3.07. The van der Waals surface area contributed by atoms with E-state index in [1.165, 1.54) is 16.5 Å². The van der Waals surface area contributed by atoms with Crippen molar-refractivity contribution in [1.29, 1.82) is 0 Å². The van der Waals surface area contributed by atoms with Crippen molar-refractivity contribution in [2.24, 2.45) is 0 Å². The van der Waals surface area contributed by atoms with Crippen molar-refractivity contribution < 1.29 is 23.2 Å². The monoisotopic (exact) mass is 347 g/mol. The van der Waals surface area contributed by atoms with Crippen LogP contribution in [0.25, 0.3) is 0 Å². The number of halogens is 2. The maximum Gasteiger partial charge on any atom is 0.257 e. The molecule has 0 aliphatic carbocycles. The van der Waals surface area contributed by atoms with Gasteiger partial charge in [-0.25, -0.2) is 8.78 Å². The van der Waals surface area contributed by atoms with E-state index in [9.17, 15) is 13.6 Å². The summed E-state index contributed by atoms with van der Waals surface area (Å²) in [5.41, 5.74) is 1.14. The van der Waals surface area contributed by atoms with Crippen LogP contribution in [0.5, 0.6) is 5.75 Å². The normalized spacial score (nSPS) is 15.2. The van der Waals surface area contributed by atoms with Crippen LogP contribution in [0.15, 0.2) is 42.5 Å². The number of hydrogen-bond acceptors (Lipinski definition) is 2. The van der Waals surface area contributed by atoms with E-state index >= 15 is 0 Å². The van der Waals surface area contributed by atoms with Crippen LogP contribution in [-0.4, -0.2) is 44.1 Å². The van der Waals surface area contributed by atoms with Crippen LogP contribution in [-0.2, 0) is 6.54 Å². The Bertz CT molecular complexity index is 742. The molecule has 0 radical (unpaired) electrons. The summed E-state index contributed by atoms with van der Waals surface area (Å²) in [6, 6.07) is 11.0. The molecular formula is C19H21F2N2O2+. The zero-order chi connectivity index (χ0) is 17.8. The summed E-state index contributed by atoms with van der Waals surface area (Å²) in [5, 5.41) is 0. The van der Waals surface area contributed by atoms with Crippen molar-refractivity contribution in [1.82, 2.24) is 4.90 Å². The largest absolute Gasteiger partial charge is 0.497 e. The molecule has 3 rings (SSSR count). The number of carbonyl (C=O) groups excluding carboxylic acids is 1. The number of amides is 1. The highest BCUT2D eigenvalue weighted by molar-refractivity contribution is 5.94. The molecule has 0 unspecified atom stereocenters. The quantitative estimate of drug-likeness (QED) is 0.910. The van der Waals surface area contributed by atoms with Gasteiger partial charge in [-0.2, -0.15) is 0 Å². The number of carbonyl (C=O) groups is 1. The van der Waals surface area contributed by atoms with Crippen LogP contribution in [0, 0.1) is 11.6 Å². The molecule has 1 fully saturated rings. The van der Waals surface area contributed by atoms with Gasteiger partial charge >= 0.3 is 0 Å². The Kier molecular flexibility index (Phi) is 5.28. The van der Waals surface area contributed by atoms with E-state index in [1.54, 1.807) is 12.0 Å². The molecule has 0 atom stereocenters. The Balaban J connectivity index is 1.56. The SMILES string of the molecule is COc1ccc(C[NH+]2CCN(C(=O)c3ccc(F)cc3F)CC2)cc1. The first-order chi connectivity index (χ1) is 12.1. The highest BCUT2D eigenvalue weighted by Gasteiger charge is 2.26. The minimum atomic E-state index is -0.807. The van der Waals surface area contributed by atoms with Crippen molar-refractivity contribution in [3.05, 3.63) is 65.2 Å². The molecule has 1 heterocycles. The van der Waals surface area contributed by atoms with Gasteiger partial charge in [-0.15, -0.1) is 0 Å². The van der Waals surface area contributed by atoms with Gasteiger partial charge in [0.05, 0.1) is 38.9 Å². The first kappa shape index (κ1) is 17.4. The van der Waals surface area contributed by atoms with E-state index in [4.69, 9.17) is 4.74 Å². The summed E-state index contributed by atoms with van der Waals surface area (Å²) in [6.45, 7) is 3.57. The van der Waals surface area contributed by atoms with Gasteiger partial charge in [0, 0.05) is 11.6 Å². The summed E-state index contributed by atoms with van der Waals surface area (Å²) < 4.78 is 31.9. The Hall–Kier alpha value is -2.47. The van der Waals surface area contributed by atoms with E-state index in [0.29, 0.717) is 13.1 Å². The lowest BCUT2D eigenvalue weighted by Gasteiger charge is -2.32. The number of methoxy groups -OCH3 is 1. The molecule has 132 valence electrons. The minimum absolute atomic E-state index is 0.0694. The number of piperazine rings is 1. The fourth-order valence-corrected chi connectivity index (χ4v) is 3.07. The van der Waals surface area contributed by atoms with Crippen molar-refractivity contribution in [3.8, 4) is 5.75 Å². The van der Waals surface area contributed by atoms with E-state index in [1.807, 2.05) is 24.3 Å². The zero-order valence-corrected chi connectivity index (χ0v) is 14.1. The van der Waals surface area contributed by atoms with E-state index in [2.05, 4.69) is 0 Å². The van der Waals surface area contributed by atoms with Crippen LogP contribution in [0.2, 0.25) is 0 Å². The number of hydrogen-bond donors (Lipinski definition) is 1. The van der Waals surface area contributed by atoms with Gasteiger partial charge in [0.2, 0.25) is 0 Å². The maximum atomic E-state index is 13.8. The van der Waals surface area contributed by atoms with Gasteiger partial charge in [-0.3, -0.25) is 4.79 Å². The average molecular weight is 347 g/mol. The molecule has 1 N–H and O–H groups in total. The van der Waals surface area contributed by atoms with Crippen molar-refractivity contribution >= 4 is 5.91 Å². The van der Waals surface area contributed by atoms with Crippen LogP contribution in [0.1, 0.15) is 15.9 Å². The number of nitrogens with one attached hydrogen (secondary N) is 1. The number of rotatable bonds is 4. The first-order valence-corrected chi connectivity index (χ1v) is 8.27. The van der Waals surface area contributed by atoms with Gasteiger partial charge in [-0.05, 0) is 36.4 Å². The van der Waals surface area contributed by atoms with E-state index in [0.717, 1.165) is 37.5 Å². The molecule has 25 heavy (non-hydrogen) atoms. The Morgan fingerprint density at radius 1 is 1.12 bits per heavy atom. The molecule has 0 aromatic heterocycles. The van der Waals surface area contributed by atoms with E-state index < -0.39 is 11.6 Å². The Labute approximate surface area is 145 Å². The molecule has 0 spiro atoms. The van der Waals surface area contributed by atoms with Crippen molar-refractivity contribution in [2.45, 2.75) is 6.54 Å². The second-order valence-electron chi connectivity index (χ2n) is 6.19. The molecule has 0 bridgehead atoms. The predicted octanol–water partition coefficient (Wildman–Crippen LogP) is 1.51. The van der Waals surface area contributed by atoms with Crippen molar-refractivity contribution in [2.75, 3.05) is 33.3 Å². The molecule has 1 saturated heterocycles. The number of ether oxygens (including phenoxy) is 1. The smallest absolute Gasteiger partial charge is 0.257 e. The number of quaternary nitrogens is 1. The Morgan fingerprint density at radius 3 is 2.40 bits per heavy atom. The molecule has 4 nitrogen and oxygen atoms in total. The summed E-state index contributed by atoms with van der Waals surface area (Å²) in [5.74, 6) is -1.03. The maximum absolute atomic E-state index is 13.8. The molecular weight excluding hydrogens is 326 g/mol.